The van der Waals surface area contributed by atoms with Gasteiger partial charge in [-0.2, -0.15) is 4.58 Å². The highest BCUT2D eigenvalue weighted by atomic mass is 16.6. The van der Waals surface area contributed by atoms with Gasteiger partial charge in [-0.3, -0.25) is 10.1 Å². The van der Waals surface area contributed by atoms with Gasteiger partial charge in [-0.15, -0.1) is 0 Å². The lowest BCUT2D eigenvalue weighted by molar-refractivity contribution is -0.437. The van der Waals surface area contributed by atoms with Crippen molar-refractivity contribution in [1.82, 2.24) is 0 Å². The molecule has 2 aliphatic rings. The molecule has 0 N–H and O–H groups in total. The van der Waals surface area contributed by atoms with E-state index in [1.165, 1.54) is 5.56 Å². The van der Waals surface area contributed by atoms with Gasteiger partial charge in [0.05, 0.1) is 28.2 Å². The second-order valence-corrected chi connectivity index (χ2v) is 11.7. The molecule has 0 bridgehead atoms. The first-order valence-electron chi connectivity index (χ1n) is 14.7. The lowest BCUT2D eigenvalue weighted by Gasteiger charge is -2.23. The monoisotopic (exact) mass is 574 g/mol. The van der Waals surface area contributed by atoms with Crippen LogP contribution in [0.5, 0.6) is 11.5 Å². The Morgan fingerprint density at radius 1 is 0.977 bits per heavy atom. The number of benzene rings is 4. The standard InChI is InChI=1S/C36H36N3O4/c1-25(2)42-29-17-14-26(15-18-29)20-21-38-31-19-16-28(39(40)41)22-30(31)36(3,24-27-10-6-5-7-11-27)34(38)23-35-37(4)32-12-8-9-13-33(32)43-35/h5-19,22-23,25H,20-21,24H2,1-4H3/q+1. The van der Waals surface area contributed by atoms with Crippen LogP contribution in [0.1, 0.15) is 37.5 Å². The van der Waals surface area contributed by atoms with Gasteiger partial charge in [-0.25, -0.2) is 0 Å². The fourth-order valence-electron chi connectivity index (χ4n) is 6.16. The molecule has 0 saturated heterocycles. The first-order valence-corrected chi connectivity index (χ1v) is 14.7. The topological polar surface area (TPSA) is 67.8 Å². The number of hydrogen-bond donors (Lipinski definition) is 0. The molecule has 218 valence electrons. The number of hydrogen-bond acceptors (Lipinski definition) is 5. The SMILES string of the molecule is CC(C)Oc1ccc(CC[N+]2=C(/C=C3\Oc4ccccc4N3C)C(C)(Cc3ccccc3)c3cc([N+](=O)[O-])ccc32)cc1. The van der Waals surface area contributed by atoms with E-state index in [0.717, 1.165) is 52.0 Å². The molecule has 0 amide bonds. The Kier molecular flexibility index (Phi) is 7.48. The average Bonchev–Trinajstić information content (AvgIpc) is 3.43. The molecule has 43 heavy (non-hydrogen) atoms. The molecule has 2 aliphatic heterocycles. The van der Waals surface area contributed by atoms with Gasteiger partial charge in [0.2, 0.25) is 11.6 Å². The maximum absolute atomic E-state index is 11.9. The van der Waals surface area contributed by atoms with E-state index in [2.05, 4.69) is 46.7 Å². The second kappa shape index (κ2) is 11.4. The number of non-ortho nitro benzene ring substituents is 1. The Morgan fingerprint density at radius 3 is 2.40 bits per heavy atom. The predicted molar refractivity (Wildman–Crippen MR) is 170 cm³/mol. The summed E-state index contributed by atoms with van der Waals surface area (Å²) in [5, 5.41) is 11.9. The van der Waals surface area contributed by atoms with E-state index >= 15 is 0 Å². The summed E-state index contributed by atoms with van der Waals surface area (Å²) < 4.78 is 14.5. The molecular weight excluding hydrogens is 538 g/mol. The van der Waals surface area contributed by atoms with Gasteiger partial charge in [0.15, 0.2) is 18.0 Å². The Balaban J connectivity index is 1.46. The number of allylic oxidation sites excluding steroid dienone is 1. The van der Waals surface area contributed by atoms with E-state index in [9.17, 15) is 10.1 Å². The van der Waals surface area contributed by atoms with Crippen LogP contribution < -0.4 is 14.4 Å². The minimum absolute atomic E-state index is 0.0919. The van der Waals surface area contributed by atoms with Crippen molar-refractivity contribution in [3.05, 3.63) is 136 Å². The van der Waals surface area contributed by atoms with Crippen LogP contribution in [0.2, 0.25) is 0 Å². The molecule has 7 nitrogen and oxygen atoms in total. The van der Waals surface area contributed by atoms with Crippen molar-refractivity contribution in [2.45, 2.75) is 45.1 Å². The van der Waals surface area contributed by atoms with Gasteiger partial charge in [-0.05, 0) is 62.6 Å². The number of nitrogens with zero attached hydrogens (tertiary/aromatic N) is 3. The van der Waals surface area contributed by atoms with Gasteiger partial charge in [-0.1, -0.05) is 54.6 Å². The van der Waals surface area contributed by atoms with Crippen molar-refractivity contribution in [3.8, 4) is 11.5 Å². The quantitative estimate of drug-likeness (QED) is 0.117. The Morgan fingerprint density at radius 2 is 1.70 bits per heavy atom. The number of nitro groups is 1. The summed E-state index contributed by atoms with van der Waals surface area (Å²) in [6, 6.07) is 31.8. The molecule has 4 aromatic rings. The molecule has 6 rings (SSSR count). The first-order chi connectivity index (χ1) is 20.7. The van der Waals surface area contributed by atoms with Crippen molar-refractivity contribution in [2.75, 3.05) is 18.5 Å². The highest BCUT2D eigenvalue weighted by molar-refractivity contribution is 6.04. The van der Waals surface area contributed by atoms with Crippen molar-refractivity contribution in [1.29, 1.82) is 0 Å². The molecule has 7 heteroatoms. The summed E-state index contributed by atoms with van der Waals surface area (Å²) in [7, 11) is 2.00. The van der Waals surface area contributed by atoms with Gasteiger partial charge in [0.1, 0.15) is 5.75 Å². The van der Waals surface area contributed by atoms with Crippen molar-refractivity contribution in [2.24, 2.45) is 0 Å². The maximum atomic E-state index is 11.9. The molecule has 1 unspecified atom stereocenters. The van der Waals surface area contributed by atoms with Gasteiger partial charge in [0.25, 0.3) is 5.69 Å². The minimum Gasteiger partial charge on any atom is -0.491 e. The summed E-state index contributed by atoms with van der Waals surface area (Å²) in [6.45, 7) is 6.92. The van der Waals surface area contributed by atoms with E-state index in [1.807, 2.05) is 81.6 Å². The summed E-state index contributed by atoms with van der Waals surface area (Å²) in [6.07, 6.45) is 3.69. The molecule has 2 heterocycles. The van der Waals surface area contributed by atoms with Gasteiger partial charge in [0, 0.05) is 37.2 Å². The third kappa shape index (κ3) is 5.50. The lowest BCUT2D eigenvalue weighted by atomic mass is 9.74. The fourth-order valence-corrected chi connectivity index (χ4v) is 6.16. The number of nitro benzene ring substituents is 1. The summed E-state index contributed by atoms with van der Waals surface area (Å²) in [5.74, 6) is 2.38. The van der Waals surface area contributed by atoms with E-state index in [-0.39, 0.29) is 16.7 Å². The van der Waals surface area contributed by atoms with Crippen LogP contribution in [0.15, 0.2) is 109 Å². The molecule has 0 fully saturated rings. The zero-order valence-electron chi connectivity index (χ0n) is 25.0. The third-order valence-corrected chi connectivity index (χ3v) is 8.28. The largest absolute Gasteiger partial charge is 0.491 e. The van der Waals surface area contributed by atoms with Crippen LogP contribution in [-0.2, 0) is 18.3 Å². The van der Waals surface area contributed by atoms with E-state index in [0.29, 0.717) is 13.0 Å². The molecule has 0 aliphatic carbocycles. The highest BCUT2D eigenvalue weighted by Gasteiger charge is 2.49. The normalized spacial score (nSPS) is 18.2. The summed E-state index contributed by atoms with van der Waals surface area (Å²) >= 11 is 0. The third-order valence-electron chi connectivity index (χ3n) is 8.28. The van der Waals surface area contributed by atoms with Gasteiger partial charge >= 0.3 is 0 Å². The Bertz CT molecular complexity index is 1730. The molecule has 0 aromatic heterocycles. The molecule has 0 saturated carbocycles. The highest BCUT2D eigenvalue weighted by Crippen LogP contribution is 2.45. The van der Waals surface area contributed by atoms with Crippen LogP contribution >= 0.6 is 0 Å². The van der Waals surface area contributed by atoms with Crippen LogP contribution in [-0.4, -0.2) is 34.9 Å². The minimum atomic E-state index is -0.552. The molecule has 1 atom stereocenters. The fraction of sp³-hybridized carbons (Fsp3) is 0.250. The van der Waals surface area contributed by atoms with E-state index in [1.54, 1.807) is 12.1 Å². The van der Waals surface area contributed by atoms with Crippen molar-refractivity contribution in [3.63, 3.8) is 0 Å². The van der Waals surface area contributed by atoms with Crippen LogP contribution in [0.3, 0.4) is 0 Å². The average molecular weight is 575 g/mol. The van der Waals surface area contributed by atoms with Crippen LogP contribution in [0.4, 0.5) is 17.1 Å². The second-order valence-electron chi connectivity index (χ2n) is 11.7. The van der Waals surface area contributed by atoms with Crippen molar-refractivity contribution >= 4 is 22.8 Å². The Labute approximate surface area is 252 Å². The summed E-state index contributed by atoms with van der Waals surface area (Å²) in [4.78, 5) is 13.7. The van der Waals surface area contributed by atoms with E-state index in [4.69, 9.17) is 9.47 Å². The Hall–Kier alpha value is -4.91. The lowest BCUT2D eigenvalue weighted by Crippen LogP contribution is -2.35. The van der Waals surface area contributed by atoms with Crippen molar-refractivity contribution < 1.29 is 19.0 Å². The molecule has 0 spiro atoms. The number of para-hydroxylation sites is 2. The molecule has 4 aromatic carbocycles. The zero-order valence-corrected chi connectivity index (χ0v) is 25.0. The smallest absolute Gasteiger partial charge is 0.270 e. The first kappa shape index (κ1) is 28.2. The number of ether oxygens (including phenoxy) is 2. The maximum Gasteiger partial charge on any atom is 0.270 e. The van der Waals surface area contributed by atoms with Gasteiger partial charge < -0.3 is 14.4 Å². The zero-order chi connectivity index (χ0) is 30.1. The summed E-state index contributed by atoms with van der Waals surface area (Å²) in [5.41, 5.74) is 5.85. The van der Waals surface area contributed by atoms with Crippen LogP contribution in [0, 0.1) is 10.1 Å². The molecule has 0 radical (unpaired) electrons. The number of anilines is 1. The number of fused-ring (bicyclic) bond motifs is 2. The molecular formula is C36H36N3O4+. The number of rotatable bonds is 9. The predicted octanol–water partition coefficient (Wildman–Crippen LogP) is 7.59. The van der Waals surface area contributed by atoms with Crippen LogP contribution in [0.25, 0.3) is 0 Å². The van der Waals surface area contributed by atoms with E-state index < -0.39 is 5.41 Å².